The average Bonchev–Trinajstić information content (AvgIpc) is 2.93. The maximum absolute atomic E-state index is 13.3. The molecule has 39 heavy (non-hydrogen) atoms. The van der Waals surface area contributed by atoms with Gasteiger partial charge < -0.3 is 36.6 Å². The first kappa shape index (κ1) is 30.0. The molecule has 0 saturated carbocycles. The van der Waals surface area contributed by atoms with Gasteiger partial charge in [-0.05, 0) is 48.1 Å². The summed E-state index contributed by atoms with van der Waals surface area (Å²) in [5, 5.41) is 41.0. The van der Waals surface area contributed by atoms with Crippen molar-refractivity contribution in [3.63, 3.8) is 0 Å². The highest BCUT2D eigenvalue weighted by atomic mass is 16.6. The summed E-state index contributed by atoms with van der Waals surface area (Å²) >= 11 is 0. The number of aromatic hydroxyl groups is 1. The number of aliphatic hydroxyl groups excluding tert-OH is 3. The predicted octanol–water partition coefficient (Wildman–Crippen LogP) is 2.22. The Kier molecular flexibility index (Phi) is 11.7. The number of ether oxygens (including phenoxy) is 1. The smallest absolute Gasteiger partial charge is 0.312 e. The number of aliphatic hydroxyl groups is 3. The van der Waals surface area contributed by atoms with Crippen molar-refractivity contribution in [2.24, 2.45) is 17.4 Å². The minimum atomic E-state index is -1.40. The zero-order chi connectivity index (χ0) is 28.2. The van der Waals surface area contributed by atoms with Gasteiger partial charge in [0.1, 0.15) is 18.1 Å². The van der Waals surface area contributed by atoms with Crippen LogP contribution in [0.1, 0.15) is 23.1 Å². The SMILES string of the molecule is NC(O)[C@H](Cc1ccccc1)OC(=O)[C@H](Cc1ccccc1)[C@@H](O)C=CC[C@H](O)[C@@H](N)Cc1ccc(O)cc1. The molecule has 0 amide bonds. The molecule has 0 heterocycles. The van der Waals surface area contributed by atoms with E-state index in [1.807, 2.05) is 60.7 Å². The summed E-state index contributed by atoms with van der Waals surface area (Å²) < 4.78 is 5.62. The van der Waals surface area contributed by atoms with E-state index < -0.39 is 42.5 Å². The lowest BCUT2D eigenvalue weighted by Gasteiger charge is -2.25. The molecule has 3 rings (SSSR count). The summed E-state index contributed by atoms with van der Waals surface area (Å²) in [5.74, 6) is -1.50. The van der Waals surface area contributed by atoms with E-state index in [2.05, 4.69) is 0 Å². The highest BCUT2D eigenvalue weighted by Gasteiger charge is 2.31. The zero-order valence-electron chi connectivity index (χ0n) is 21.8. The van der Waals surface area contributed by atoms with Crippen molar-refractivity contribution < 1.29 is 30.0 Å². The fourth-order valence-corrected chi connectivity index (χ4v) is 4.23. The molecular weight excluding hydrogens is 496 g/mol. The van der Waals surface area contributed by atoms with Crippen molar-refractivity contribution in [1.82, 2.24) is 0 Å². The number of esters is 1. The first-order chi connectivity index (χ1) is 18.7. The van der Waals surface area contributed by atoms with Crippen molar-refractivity contribution in [2.45, 2.75) is 56.3 Å². The van der Waals surface area contributed by atoms with Gasteiger partial charge >= 0.3 is 5.97 Å². The highest BCUT2D eigenvalue weighted by molar-refractivity contribution is 5.74. The molecule has 3 aromatic carbocycles. The molecule has 0 saturated heterocycles. The Morgan fingerprint density at radius 1 is 0.769 bits per heavy atom. The van der Waals surface area contributed by atoms with Crippen molar-refractivity contribution in [3.8, 4) is 5.75 Å². The zero-order valence-corrected chi connectivity index (χ0v) is 21.8. The van der Waals surface area contributed by atoms with Gasteiger partial charge in [-0.1, -0.05) is 84.9 Å². The third-order valence-corrected chi connectivity index (χ3v) is 6.55. The molecule has 0 aromatic heterocycles. The van der Waals surface area contributed by atoms with E-state index in [1.165, 1.54) is 6.08 Å². The molecule has 0 spiro atoms. The number of phenols is 1. The molecule has 208 valence electrons. The molecular formula is C31H38N2O6. The number of rotatable bonds is 14. The molecule has 0 aliphatic carbocycles. The van der Waals surface area contributed by atoms with Crippen LogP contribution in [0, 0.1) is 5.92 Å². The topological polar surface area (TPSA) is 159 Å². The van der Waals surface area contributed by atoms with Crippen molar-refractivity contribution in [1.29, 1.82) is 0 Å². The lowest BCUT2D eigenvalue weighted by atomic mass is 9.93. The molecule has 0 radical (unpaired) electrons. The molecule has 6 atom stereocenters. The molecule has 3 aromatic rings. The lowest BCUT2D eigenvalue weighted by Crippen LogP contribution is -2.42. The molecule has 0 bridgehead atoms. The Hall–Kier alpha value is -3.53. The fourth-order valence-electron chi connectivity index (χ4n) is 4.23. The summed E-state index contributed by atoms with van der Waals surface area (Å²) in [6, 6.07) is 24.5. The van der Waals surface area contributed by atoms with E-state index in [9.17, 15) is 25.2 Å². The Balaban J connectivity index is 1.66. The van der Waals surface area contributed by atoms with E-state index in [0.717, 1.165) is 16.7 Å². The Morgan fingerprint density at radius 2 is 1.31 bits per heavy atom. The molecule has 8 nitrogen and oxygen atoms in total. The number of nitrogens with two attached hydrogens (primary N) is 2. The van der Waals surface area contributed by atoms with Crippen LogP contribution in [0.15, 0.2) is 97.1 Å². The van der Waals surface area contributed by atoms with Crippen LogP contribution in [-0.2, 0) is 28.8 Å². The minimum absolute atomic E-state index is 0.153. The summed E-state index contributed by atoms with van der Waals surface area (Å²) in [5.41, 5.74) is 14.4. The standard InChI is InChI=1S/C31H38N2O6/c32-26(19-23-14-16-24(34)17-15-23)28(36)13-7-12-27(35)25(18-21-8-3-1-4-9-21)31(38)39-29(30(33)37)20-22-10-5-2-6-11-22/h1-12,14-17,25-30,34-37H,13,18-20,32-33H2/t25-,26+,27+,28+,29+,30?/m1/s1. The maximum Gasteiger partial charge on any atom is 0.312 e. The second-order valence-corrected chi connectivity index (χ2v) is 9.71. The lowest BCUT2D eigenvalue weighted by molar-refractivity contribution is -0.162. The minimum Gasteiger partial charge on any atom is -0.508 e. The largest absolute Gasteiger partial charge is 0.508 e. The molecule has 8 heteroatoms. The second-order valence-electron chi connectivity index (χ2n) is 9.71. The summed E-state index contributed by atoms with van der Waals surface area (Å²) in [4.78, 5) is 13.3. The van der Waals surface area contributed by atoms with Crippen LogP contribution in [-0.4, -0.2) is 57.0 Å². The predicted molar refractivity (Wildman–Crippen MR) is 149 cm³/mol. The van der Waals surface area contributed by atoms with Crippen LogP contribution in [0.3, 0.4) is 0 Å². The van der Waals surface area contributed by atoms with Gasteiger partial charge in [-0.3, -0.25) is 4.79 Å². The second kappa shape index (κ2) is 15.2. The van der Waals surface area contributed by atoms with Gasteiger partial charge in [0.05, 0.1) is 18.1 Å². The van der Waals surface area contributed by atoms with E-state index in [4.69, 9.17) is 16.2 Å². The molecule has 0 fully saturated rings. The van der Waals surface area contributed by atoms with Crippen LogP contribution in [0.5, 0.6) is 5.75 Å². The molecule has 8 N–H and O–H groups in total. The van der Waals surface area contributed by atoms with Crippen LogP contribution in [0.4, 0.5) is 0 Å². The Bertz CT molecular complexity index is 1150. The van der Waals surface area contributed by atoms with Crippen LogP contribution in [0.2, 0.25) is 0 Å². The fraction of sp³-hybridized carbons (Fsp3) is 0.323. The van der Waals surface area contributed by atoms with Gasteiger partial charge in [0.15, 0.2) is 0 Å². The monoisotopic (exact) mass is 534 g/mol. The summed E-state index contributed by atoms with van der Waals surface area (Å²) in [7, 11) is 0. The number of benzene rings is 3. The van der Waals surface area contributed by atoms with Gasteiger partial charge in [-0.2, -0.15) is 0 Å². The number of hydrogen-bond acceptors (Lipinski definition) is 8. The van der Waals surface area contributed by atoms with Crippen molar-refractivity contribution in [2.75, 3.05) is 0 Å². The van der Waals surface area contributed by atoms with Crippen molar-refractivity contribution in [3.05, 3.63) is 114 Å². The Labute approximate surface area is 229 Å². The number of hydrogen-bond donors (Lipinski definition) is 6. The number of carbonyl (C=O) groups is 1. The quantitative estimate of drug-likeness (QED) is 0.104. The number of phenolic OH excluding ortho intramolecular Hbond substituents is 1. The first-order valence-corrected chi connectivity index (χ1v) is 13.0. The third-order valence-electron chi connectivity index (χ3n) is 6.55. The van der Waals surface area contributed by atoms with Crippen LogP contribution in [0.25, 0.3) is 0 Å². The van der Waals surface area contributed by atoms with Gasteiger partial charge in [0.2, 0.25) is 0 Å². The van der Waals surface area contributed by atoms with Gasteiger partial charge in [-0.25, -0.2) is 0 Å². The van der Waals surface area contributed by atoms with E-state index in [1.54, 1.807) is 30.3 Å². The Morgan fingerprint density at radius 3 is 1.87 bits per heavy atom. The van der Waals surface area contributed by atoms with Gasteiger partial charge in [-0.15, -0.1) is 0 Å². The number of carbonyl (C=O) groups excluding carboxylic acids is 1. The third kappa shape index (κ3) is 9.94. The molecule has 0 aliphatic rings. The van der Waals surface area contributed by atoms with Crippen LogP contribution >= 0.6 is 0 Å². The van der Waals surface area contributed by atoms with E-state index in [-0.39, 0.29) is 25.0 Å². The maximum atomic E-state index is 13.3. The summed E-state index contributed by atoms with van der Waals surface area (Å²) in [6.07, 6.45) is -0.445. The first-order valence-electron chi connectivity index (χ1n) is 13.0. The highest BCUT2D eigenvalue weighted by Crippen LogP contribution is 2.19. The normalized spacial score (nSPS) is 16.2. The van der Waals surface area contributed by atoms with E-state index in [0.29, 0.717) is 6.42 Å². The molecule has 1 unspecified atom stereocenters. The van der Waals surface area contributed by atoms with Crippen molar-refractivity contribution >= 4 is 5.97 Å². The van der Waals surface area contributed by atoms with Crippen LogP contribution < -0.4 is 11.5 Å². The summed E-state index contributed by atoms with van der Waals surface area (Å²) in [6.45, 7) is 0. The molecule has 0 aliphatic heterocycles. The average molecular weight is 535 g/mol. The van der Waals surface area contributed by atoms with Gasteiger partial charge in [0.25, 0.3) is 0 Å². The van der Waals surface area contributed by atoms with Gasteiger partial charge in [0, 0.05) is 12.5 Å². The van der Waals surface area contributed by atoms with E-state index >= 15 is 0 Å².